The van der Waals surface area contributed by atoms with Gasteiger partial charge in [0.25, 0.3) is 0 Å². The van der Waals surface area contributed by atoms with E-state index in [1.54, 1.807) is 0 Å². The third kappa shape index (κ3) is 2.49. The van der Waals surface area contributed by atoms with Crippen molar-refractivity contribution in [1.29, 1.82) is 0 Å². The number of halogens is 5. The summed E-state index contributed by atoms with van der Waals surface area (Å²) in [5, 5.41) is 0.113. The largest absolute Gasteiger partial charge is 0.416 e. The summed E-state index contributed by atoms with van der Waals surface area (Å²) < 4.78 is 37.6. The van der Waals surface area contributed by atoms with Gasteiger partial charge < -0.3 is 0 Å². The van der Waals surface area contributed by atoms with Gasteiger partial charge in [0.05, 0.1) is 5.56 Å². The fraction of sp³-hybridized carbons (Fsp3) is 0.250. The number of hydrogen-bond donors (Lipinski definition) is 0. The molecule has 13 heavy (non-hydrogen) atoms. The van der Waals surface area contributed by atoms with E-state index in [1.165, 1.54) is 13.0 Å². The third-order valence-corrected chi connectivity index (χ3v) is 2.95. The fourth-order valence-corrected chi connectivity index (χ4v) is 1.97. The predicted molar refractivity (Wildman–Crippen MR) is 53.9 cm³/mol. The van der Waals surface area contributed by atoms with Crippen molar-refractivity contribution in [2.24, 2.45) is 0 Å². The Morgan fingerprint density at radius 3 is 2.31 bits per heavy atom. The van der Waals surface area contributed by atoms with E-state index in [9.17, 15) is 13.2 Å². The molecule has 0 heterocycles. The van der Waals surface area contributed by atoms with Gasteiger partial charge in [0.2, 0.25) is 0 Å². The first-order chi connectivity index (χ1) is 5.82. The SMILES string of the molecule is Cc1c(I)cc(Cl)cc1C(F)(F)F. The molecule has 0 N–H and O–H groups in total. The van der Waals surface area contributed by atoms with Crippen LogP contribution in [-0.2, 0) is 6.18 Å². The number of hydrogen-bond acceptors (Lipinski definition) is 0. The molecule has 0 saturated carbocycles. The maximum Gasteiger partial charge on any atom is 0.416 e. The highest BCUT2D eigenvalue weighted by atomic mass is 127. The Hall–Kier alpha value is 0.0300. The molecule has 1 rings (SSSR count). The molecule has 0 saturated heterocycles. The quantitative estimate of drug-likeness (QED) is 0.626. The van der Waals surface area contributed by atoms with Crippen LogP contribution in [0.3, 0.4) is 0 Å². The molecule has 5 heteroatoms. The van der Waals surface area contributed by atoms with Crippen LogP contribution in [-0.4, -0.2) is 0 Å². The lowest BCUT2D eigenvalue weighted by Crippen LogP contribution is -2.08. The van der Waals surface area contributed by atoms with Crippen molar-refractivity contribution >= 4 is 34.2 Å². The standard InChI is InChI=1S/C8H5ClF3I/c1-4-6(8(10,11)12)2-5(9)3-7(4)13/h2-3H,1H3. The Morgan fingerprint density at radius 1 is 1.31 bits per heavy atom. The van der Waals surface area contributed by atoms with Gasteiger partial charge in [-0.1, -0.05) is 11.6 Å². The van der Waals surface area contributed by atoms with E-state index >= 15 is 0 Å². The van der Waals surface area contributed by atoms with Crippen LogP contribution in [0.15, 0.2) is 12.1 Å². The number of alkyl halides is 3. The normalized spacial score (nSPS) is 11.8. The minimum atomic E-state index is -4.32. The van der Waals surface area contributed by atoms with Crippen molar-refractivity contribution in [1.82, 2.24) is 0 Å². The summed E-state index contributed by atoms with van der Waals surface area (Å²) >= 11 is 7.35. The zero-order valence-corrected chi connectivity index (χ0v) is 9.46. The lowest BCUT2D eigenvalue weighted by atomic mass is 10.1. The van der Waals surface area contributed by atoms with Gasteiger partial charge in [-0.15, -0.1) is 0 Å². The summed E-state index contributed by atoms with van der Waals surface area (Å²) in [6, 6.07) is 2.45. The van der Waals surface area contributed by atoms with E-state index in [1.807, 2.05) is 22.6 Å². The molecule has 0 nitrogen and oxygen atoms in total. The van der Waals surface area contributed by atoms with Crippen LogP contribution in [0.4, 0.5) is 13.2 Å². The highest BCUT2D eigenvalue weighted by Crippen LogP contribution is 2.35. The van der Waals surface area contributed by atoms with Gasteiger partial charge in [0.1, 0.15) is 0 Å². The molecule has 1 aromatic rings. The topological polar surface area (TPSA) is 0 Å². The second-order valence-corrected chi connectivity index (χ2v) is 4.16. The van der Waals surface area contributed by atoms with Crippen LogP contribution in [0, 0.1) is 10.5 Å². The molecule has 0 atom stereocenters. The van der Waals surface area contributed by atoms with Gasteiger partial charge in [-0.25, -0.2) is 0 Å². The smallest absolute Gasteiger partial charge is 0.166 e. The Kier molecular flexibility index (Phi) is 3.12. The van der Waals surface area contributed by atoms with Gasteiger partial charge in [-0.3, -0.25) is 0 Å². The first-order valence-corrected chi connectivity index (χ1v) is 4.81. The highest BCUT2D eigenvalue weighted by Gasteiger charge is 2.33. The Morgan fingerprint density at radius 2 is 1.85 bits per heavy atom. The van der Waals surface area contributed by atoms with Gasteiger partial charge in [0.15, 0.2) is 0 Å². The van der Waals surface area contributed by atoms with Gasteiger partial charge in [-0.05, 0) is 47.2 Å². The second-order valence-electron chi connectivity index (χ2n) is 2.56. The third-order valence-electron chi connectivity index (χ3n) is 1.61. The molecule has 72 valence electrons. The summed E-state index contributed by atoms with van der Waals surface area (Å²) in [6.07, 6.45) is -4.32. The predicted octanol–water partition coefficient (Wildman–Crippen LogP) is 4.27. The maximum atomic E-state index is 12.3. The van der Waals surface area contributed by atoms with Crippen molar-refractivity contribution < 1.29 is 13.2 Å². The minimum Gasteiger partial charge on any atom is -0.166 e. The van der Waals surface area contributed by atoms with Crippen LogP contribution < -0.4 is 0 Å². The lowest BCUT2D eigenvalue weighted by molar-refractivity contribution is -0.138. The van der Waals surface area contributed by atoms with E-state index in [4.69, 9.17) is 11.6 Å². The molecular weight excluding hydrogens is 315 g/mol. The molecule has 0 aromatic heterocycles. The van der Waals surface area contributed by atoms with Crippen molar-refractivity contribution in [3.63, 3.8) is 0 Å². The fourth-order valence-electron chi connectivity index (χ4n) is 0.940. The van der Waals surface area contributed by atoms with Crippen LogP contribution in [0.2, 0.25) is 5.02 Å². The number of rotatable bonds is 0. The summed E-state index contributed by atoms with van der Waals surface area (Å²) in [4.78, 5) is 0. The first kappa shape index (κ1) is 11.1. The molecule has 0 amide bonds. The molecule has 0 bridgehead atoms. The molecule has 0 spiro atoms. The van der Waals surface area contributed by atoms with Crippen LogP contribution in [0.25, 0.3) is 0 Å². The molecule has 0 aliphatic heterocycles. The van der Waals surface area contributed by atoms with Gasteiger partial charge in [-0.2, -0.15) is 13.2 Å². The van der Waals surface area contributed by atoms with Crippen molar-refractivity contribution in [2.45, 2.75) is 13.1 Å². The molecule has 0 fully saturated rings. The van der Waals surface area contributed by atoms with Gasteiger partial charge in [0, 0.05) is 8.59 Å². The van der Waals surface area contributed by atoms with Crippen LogP contribution >= 0.6 is 34.2 Å². The average molecular weight is 320 g/mol. The Balaban J connectivity index is 3.37. The number of benzene rings is 1. The van der Waals surface area contributed by atoms with Crippen molar-refractivity contribution in [3.8, 4) is 0 Å². The van der Waals surface area contributed by atoms with Crippen molar-refractivity contribution in [3.05, 3.63) is 31.9 Å². The average Bonchev–Trinajstić information content (AvgIpc) is 1.94. The van der Waals surface area contributed by atoms with Crippen molar-refractivity contribution in [2.75, 3.05) is 0 Å². The summed E-state index contributed by atoms with van der Waals surface area (Å²) in [5.74, 6) is 0. The van der Waals surface area contributed by atoms with Crippen LogP contribution in [0.1, 0.15) is 11.1 Å². The summed E-state index contributed by atoms with van der Waals surface area (Å²) in [5.41, 5.74) is -0.443. The summed E-state index contributed by atoms with van der Waals surface area (Å²) in [6.45, 7) is 1.43. The monoisotopic (exact) mass is 320 g/mol. The van der Waals surface area contributed by atoms with Crippen LogP contribution in [0.5, 0.6) is 0 Å². The molecule has 0 radical (unpaired) electrons. The molecular formula is C8H5ClF3I. The maximum absolute atomic E-state index is 12.3. The Bertz CT molecular complexity index is 333. The zero-order valence-electron chi connectivity index (χ0n) is 6.54. The zero-order chi connectivity index (χ0) is 10.2. The molecule has 0 aliphatic rings. The Labute approximate surface area is 92.2 Å². The molecule has 0 aliphatic carbocycles. The lowest BCUT2D eigenvalue weighted by Gasteiger charge is -2.11. The van der Waals surface area contributed by atoms with E-state index in [0.717, 1.165) is 6.07 Å². The van der Waals surface area contributed by atoms with E-state index < -0.39 is 11.7 Å². The first-order valence-electron chi connectivity index (χ1n) is 3.35. The second kappa shape index (κ2) is 3.65. The summed E-state index contributed by atoms with van der Waals surface area (Å²) in [7, 11) is 0. The van der Waals surface area contributed by atoms with E-state index in [0.29, 0.717) is 3.57 Å². The highest BCUT2D eigenvalue weighted by molar-refractivity contribution is 14.1. The van der Waals surface area contributed by atoms with E-state index in [2.05, 4.69) is 0 Å². The molecule has 0 unspecified atom stereocenters. The molecule has 1 aromatic carbocycles. The van der Waals surface area contributed by atoms with Gasteiger partial charge >= 0.3 is 6.18 Å². The van der Waals surface area contributed by atoms with E-state index in [-0.39, 0.29) is 10.6 Å². The minimum absolute atomic E-state index is 0.113.